The first kappa shape index (κ1) is 16.3. The fourth-order valence-electron chi connectivity index (χ4n) is 3.36. The zero-order chi connectivity index (χ0) is 16.2. The molecule has 1 unspecified atom stereocenters. The van der Waals surface area contributed by atoms with E-state index in [-0.39, 0.29) is 17.7 Å². The summed E-state index contributed by atoms with van der Waals surface area (Å²) in [6.45, 7) is 5.75. The lowest BCUT2D eigenvalue weighted by Crippen LogP contribution is -2.46. The average molecular weight is 318 g/mol. The Morgan fingerprint density at radius 1 is 1.35 bits per heavy atom. The second kappa shape index (κ2) is 7.32. The summed E-state index contributed by atoms with van der Waals surface area (Å²) in [4.78, 5) is 14.7. The van der Waals surface area contributed by atoms with Crippen LogP contribution in [0.4, 0.5) is 0 Å². The molecule has 5 heteroatoms. The first-order valence-corrected chi connectivity index (χ1v) is 8.56. The summed E-state index contributed by atoms with van der Waals surface area (Å²) < 4.78 is 5.69. The maximum absolute atomic E-state index is 12.3. The Bertz CT molecular complexity index is 547. The minimum atomic E-state index is -0.0992. The summed E-state index contributed by atoms with van der Waals surface area (Å²) in [7, 11) is 0. The Morgan fingerprint density at radius 2 is 2.13 bits per heavy atom. The van der Waals surface area contributed by atoms with E-state index in [0.717, 1.165) is 44.6 Å². The molecule has 0 saturated carbocycles. The van der Waals surface area contributed by atoms with E-state index < -0.39 is 0 Å². The van der Waals surface area contributed by atoms with Crippen LogP contribution in [0.25, 0.3) is 0 Å². The molecule has 126 valence electrons. The fraction of sp³-hybridized carbons (Fsp3) is 0.611. The van der Waals surface area contributed by atoms with E-state index in [2.05, 4.69) is 10.2 Å². The third-order valence-electron chi connectivity index (χ3n) is 4.88. The molecule has 1 atom stereocenters. The van der Waals surface area contributed by atoms with Crippen LogP contribution in [-0.2, 0) is 4.74 Å². The lowest BCUT2D eigenvalue weighted by Gasteiger charge is -2.33. The zero-order valence-electron chi connectivity index (χ0n) is 13.8. The molecular weight excluding hydrogens is 292 g/mol. The van der Waals surface area contributed by atoms with Gasteiger partial charge in [-0.25, -0.2) is 0 Å². The zero-order valence-corrected chi connectivity index (χ0v) is 13.8. The van der Waals surface area contributed by atoms with Gasteiger partial charge in [0.15, 0.2) is 0 Å². The number of hydrogen-bond donors (Lipinski definition) is 2. The van der Waals surface area contributed by atoms with Crippen LogP contribution in [0.3, 0.4) is 0 Å². The Morgan fingerprint density at radius 3 is 2.78 bits per heavy atom. The highest BCUT2D eigenvalue weighted by atomic mass is 16.5. The average Bonchev–Trinajstić information content (AvgIpc) is 3.05. The van der Waals surface area contributed by atoms with Gasteiger partial charge in [0.25, 0.3) is 5.91 Å². The van der Waals surface area contributed by atoms with Gasteiger partial charge in [0.05, 0.1) is 6.10 Å². The highest BCUT2D eigenvalue weighted by Crippen LogP contribution is 2.19. The van der Waals surface area contributed by atoms with Crippen molar-refractivity contribution < 1.29 is 14.6 Å². The SMILES string of the molecule is Cc1ccc(C(=O)NC2CCN(CC3CCCO3)CC2)cc1O. The van der Waals surface area contributed by atoms with Gasteiger partial charge in [-0.3, -0.25) is 4.79 Å². The van der Waals surface area contributed by atoms with Crippen molar-refractivity contribution in [3.05, 3.63) is 29.3 Å². The van der Waals surface area contributed by atoms with Gasteiger partial charge in [-0.2, -0.15) is 0 Å². The monoisotopic (exact) mass is 318 g/mol. The molecule has 0 aromatic heterocycles. The smallest absolute Gasteiger partial charge is 0.251 e. The van der Waals surface area contributed by atoms with Gasteiger partial charge in [0.2, 0.25) is 0 Å². The Kier molecular flexibility index (Phi) is 5.18. The minimum absolute atomic E-state index is 0.0992. The van der Waals surface area contributed by atoms with Crippen molar-refractivity contribution in [3.63, 3.8) is 0 Å². The number of phenolic OH excluding ortho intramolecular Hbond substituents is 1. The number of nitrogens with zero attached hydrogens (tertiary/aromatic N) is 1. The third kappa shape index (κ3) is 4.24. The first-order valence-electron chi connectivity index (χ1n) is 8.56. The number of phenols is 1. The number of rotatable bonds is 4. The van der Waals surface area contributed by atoms with E-state index in [1.165, 1.54) is 18.9 Å². The Balaban J connectivity index is 1.46. The maximum Gasteiger partial charge on any atom is 0.251 e. The van der Waals surface area contributed by atoms with Crippen molar-refractivity contribution in [1.29, 1.82) is 0 Å². The number of benzene rings is 1. The van der Waals surface area contributed by atoms with E-state index >= 15 is 0 Å². The largest absolute Gasteiger partial charge is 0.508 e. The number of piperidine rings is 1. The van der Waals surface area contributed by atoms with E-state index in [4.69, 9.17) is 4.74 Å². The highest BCUT2D eigenvalue weighted by molar-refractivity contribution is 5.94. The lowest BCUT2D eigenvalue weighted by atomic mass is 10.0. The van der Waals surface area contributed by atoms with Gasteiger partial charge in [-0.1, -0.05) is 6.07 Å². The van der Waals surface area contributed by atoms with Crippen LogP contribution in [0.2, 0.25) is 0 Å². The molecule has 0 spiro atoms. The maximum atomic E-state index is 12.3. The Hall–Kier alpha value is -1.59. The number of hydrogen-bond acceptors (Lipinski definition) is 4. The van der Waals surface area contributed by atoms with E-state index in [1.807, 2.05) is 6.92 Å². The lowest BCUT2D eigenvalue weighted by molar-refractivity contribution is 0.0613. The van der Waals surface area contributed by atoms with Crippen molar-refractivity contribution in [3.8, 4) is 5.75 Å². The number of amides is 1. The topological polar surface area (TPSA) is 61.8 Å². The molecule has 3 rings (SSSR count). The van der Waals surface area contributed by atoms with Crippen LogP contribution in [-0.4, -0.2) is 54.3 Å². The number of ether oxygens (including phenoxy) is 1. The van der Waals surface area contributed by atoms with E-state index in [0.29, 0.717) is 11.7 Å². The van der Waals surface area contributed by atoms with Crippen molar-refractivity contribution in [2.75, 3.05) is 26.2 Å². The number of nitrogens with one attached hydrogen (secondary N) is 1. The quantitative estimate of drug-likeness (QED) is 0.892. The van der Waals surface area contributed by atoms with Crippen LogP contribution in [0.5, 0.6) is 5.75 Å². The minimum Gasteiger partial charge on any atom is -0.508 e. The predicted octanol–water partition coefficient (Wildman–Crippen LogP) is 2.07. The number of carbonyl (C=O) groups is 1. The van der Waals surface area contributed by atoms with Crippen LogP contribution >= 0.6 is 0 Å². The molecule has 1 amide bonds. The molecule has 2 heterocycles. The molecule has 2 fully saturated rings. The van der Waals surface area contributed by atoms with Crippen molar-refractivity contribution >= 4 is 5.91 Å². The molecule has 1 aromatic rings. The third-order valence-corrected chi connectivity index (χ3v) is 4.88. The second-order valence-corrected chi connectivity index (χ2v) is 6.68. The number of carbonyl (C=O) groups excluding carboxylic acids is 1. The molecule has 2 aliphatic heterocycles. The summed E-state index contributed by atoms with van der Waals surface area (Å²) in [5.41, 5.74) is 1.30. The van der Waals surface area contributed by atoms with Crippen molar-refractivity contribution in [2.24, 2.45) is 0 Å². The standard InChI is InChI=1S/C18H26N2O3/c1-13-4-5-14(11-17(13)21)18(22)19-15-6-8-20(9-7-15)12-16-3-2-10-23-16/h4-5,11,15-16,21H,2-3,6-10,12H2,1H3,(H,19,22). The summed E-state index contributed by atoms with van der Waals surface area (Å²) in [6.07, 6.45) is 4.69. The molecule has 23 heavy (non-hydrogen) atoms. The normalized spacial score (nSPS) is 23.1. The highest BCUT2D eigenvalue weighted by Gasteiger charge is 2.24. The fourth-order valence-corrected chi connectivity index (χ4v) is 3.36. The molecule has 2 saturated heterocycles. The molecule has 0 aliphatic carbocycles. The van der Waals surface area contributed by atoms with E-state index in [9.17, 15) is 9.90 Å². The molecule has 2 N–H and O–H groups in total. The van der Waals surface area contributed by atoms with Gasteiger partial charge in [0, 0.05) is 37.8 Å². The number of aromatic hydroxyl groups is 1. The van der Waals surface area contributed by atoms with Gasteiger partial charge in [-0.15, -0.1) is 0 Å². The van der Waals surface area contributed by atoms with Gasteiger partial charge in [-0.05, 0) is 50.3 Å². The van der Waals surface area contributed by atoms with E-state index in [1.54, 1.807) is 12.1 Å². The molecular formula is C18H26N2O3. The van der Waals surface area contributed by atoms with Crippen LogP contribution in [0, 0.1) is 6.92 Å². The molecule has 0 radical (unpaired) electrons. The molecule has 0 bridgehead atoms. The summed E-state index contributed by atoms with van der Waals surface area (Å²) in [5, 5.41) is 12.8. The second-order valence-electron chi connectivity index (χ2n) is 6.68. The summed E-state index contributed by atoms with van der Waals surface area (Å²) in [5.74, 6) is 0.0712. The number of aryl methyl sites for hydroxylation is 1. The van der Waals surface area contributed by atoms with Gasteiger partial charge < -0.3 is 20.1 Å². The summed E-state index contributed by atoms with van der Waals surface area (Å²) >= 11 is 0. The van der Waals surface area contributed by atoms with Crippen LogP contribution in [0.1, 0.15) is 41.6 Å². The van der Waals surface area contributed by atoms with Crippen LogP contribution in [0.15, 0.2) is 18.2 Å². The molecule has 2 aliphatic rings. The molecule has 1 aromatic carbocycles. The predicted molar refractivity (Wildman–Crippen MR) is 88.7 cm³/mol. The van der Waals surface area contributed by atoms with Crippen molar-refractivity contribution in [1.82, 2.24) is 10.2 Å². The van der Waals surface area contributed by atoms with Crippen molar-refractivity contribution in [2.45, 2.75) is 44.8 Å². The Labute approximate surface area is 137 Å². The van der Waals surface area contributed by atoms with Gasteiger partial charge in [0.1, 0.15) is 5.75 Å². The number of likely N-dealkylation sites (tertiary alicyclic amines) is 1. The first-order chi connectivity index (χ1) is 11.1. The molecule has 5 nitrogen and oxygen atoms in total. The van der Waals surface area contributed by atoms with Gasteiger partial charge >= 0.3 is 0 Å². The summed E-state index contributed by atoms with van der Waals surface area (Å²) in [6, 6.07) is 5.29. The van der Waals surface area contributed by atoms with Crippen LogP contribution < -0.4 is 5.32 Å².